The fourth-order valence-corrected chi connectivity index (χ4v) is 2.48. The summed E-state index contributed by atoms with van der Waals surface area (Å²) in [6.07, 6.45) is 2.73. The predicted octanol–water partition coefficient (Wildman–Crippen LogP) is 3.04. The minimum atomic E-state index is 0.0715. The quantitative estimate of drug-likeness (QED) is 0.895. The summed E-state index contributed by atoms with van der Waals surface area (Å²) < 4.78 is 11.7. The highest BCUT2D eigenvalue weighted by Gasteiger charge is 2.25. The Morgan fingerprint density at radius 1 is 1.17 bits per heavy atom. The van der Waals surface area contributed by atoms with Crippen LogP contribution in [0.2, 0.25) is 0 Å². The first-order valence-corrected chi connectivity index (χ1v) is 6.72. The molecule has 1 aromatic rings. The number of hydrogen-bond acceptors (Lipinski definition) is 3. The Balaban J connectivity index is 1.96. The van der Waals surface area contributed by atoms with Gasteiger partial charge >= 0.3 is 0 Å². The molecule has 0 radical (unpaired) electrons. The third-order valence-corrected chi connectivity index (χ3v) is 3.36. The standard InChI is InChI=1S/C15H23NO2/c1-10-8-15(9-11(2)17-10)18-14-6-4-13(5-7-14)12(3)16/h4-7,10-12,15H,8-9,16H2,1-3H3/t10?,11?,12-,15?/m0/s1. The van der Waals surface area contributed by atoms with Gasteiger partial charge in [-0.2, -0.15) is 0 Å². The van der Waals surface area contributed by atoms with Crippen LogP contribution in [0.1, 0.15) is 45.2 Å². The second kappa shape index (κ2) is 5.72. The molecule has 0 spiro atoms. The third-order valence-electron chi connectivity index (χ3n) is 3.36. The van der Waals surface area contributed by atoms with E-state index in [1.165, 1.54) is 0 Å². The smallest absolute Gasteiger partial charge is 0.119 e. The van der Waals surface area contributed by atoms with E-state index in [1.54, 1.807) is 0 Å². The van der Waals surface area contributed by atoms with Gasteiger partial charge in [0.2, 0.25) is 0 Å². The zero-order chi connectivity index (χ0) is 13.1. The zero-order valence-electron chi connectivity index (χ0n) is 11.4. The van der Waals surface area contributed by atoms with Gasteiger partial charge in [0, 0.05) is 18.9 Å². The molecule has 2 unspecified atom stereocenters. The van der Waals surface area contributed by atoms with Crippen molar-refractivity contribution in [3.05, 3.63) is 29.8 Å². The molecule has 0 aromatic heterocycles. The zero-order valence-corrected chi connectivity index (χ0v) is 11.4. The van der Waals surface area contributed by atoms with E-state index in [4.69, 9.17) is 15.2 Å². The first kappa shape index (κ1) is 13.4. The fraction of sp³-hybridized carbons (Fsp3) is 0.600. The van der Waals surface area contributed by atoms with E-state index in [0.717, 1.165) is 24.2 Å². The molecule has 0 saturated carbocycles. The maximum absolute atomic E-state index is 6.01. The minimum Gasteiger partial charge on any atom is -0.490 e. The maximum atomic E-state index is 6.01. The van der Waals surface area contributed by atoms with Crippen LogP contribution in [-0.2, 0) is 4.74 Å². The molecular formula is C15H23NO2. The maximum Gasteiger partial charge on any atom is 0.119 e. The number of benzene rings is 1. The number of nitrogens with two attached hydrogens (primary N) is 1. The molecule has 3 heteroatoms. The van der Waals surface area contributed by atoms with Gasteiger partial charge in [-0.25, -0.2) is 0 Å². The second-order valence-corrected chi connectivity index (χ2v) is 5.33. The molecule has 3 atom stereocenters. The summed E-state index contributed by atoms with van der Waals surface area (Å²) in [5.41, 5.74) is 6.96. The molecule has 1 saturated heterocycles. The molecule has 18 heavy (non-hydrogen) atoms. The first-order valence-electron chi connectivity index (χ1n) is 6.72. The highest BCUT2D eigenvalue weighted by atomic mass is 16.5. The molecule has 1 fully saturated rings. The monoisotopic (exact) mass is 249 g/mol. The molecule has 0 amide bonds. The van der Waals surface area contributed by atoms with Crippen LogP contribution in [-0.4, -0.2) is 18.3 Å². The highest BCUT2D eigenvalue weighted by molar-refractivity contribution is 5.28. The summed E-state index contributed by atoms with van der Waals surface area (Å²) in [5.74, 6) is 0.922. The summed E-state index contributed by atoms with van der Waals surface area (Å²) >= 11 is 0. The van der Waals surface area contributed by atoms with Crippen molar-refractivity contribution in [3.8, 4) is 5.75 Å². The van der Waals surface area contributed by atoms with Crippen LogP contribution >= 0.6 is 0 Å². The summed E-state index contributed by atoms with van der Waals surface area (Å²) in [7, 11) is 0. The van der Waals surface area contributed by atoms with Crippen LogP contribution in [0.25, 0.3) is 0 Å². The lowest BCUT2D eigenvalue weighted by molar-refractivity contribution is -0.0721. The van der Waals surface area contributed by atoms with Gasteiger partial charge in [-0.05, 0) is 38.5 Å². The second-order valence-electron chi connectivity index (χ2n) is 5.33. The first-order chi connectivity index (χ1) is 8.54. The normalized spacial score (nSPS) is 29.9. The van der Waals surface area contributed by atoms with Gasteiger partial charge in [0.1, 0.15) is 11.9 Å². The van der Waals surface area contributed by atoms with Crippen LogP contribution in [0, 0.1) is 0 Å². The molecular weight excluding hydrogens is 226 g/mol. The Labute approximate surface area is 109 Å². The topological polar surface area (TPSA) is 44.5 Å². The van der Waals surface area contributed by atoms with E-state index in [-0.39, 0.29) is 24.4 Å². The number of rotatable bonds is 3. The van der Waals surface area contributed by atoms with Gasteiger partial charge in [0.05, 0.1) is 12.2 Å². The molecule has 1 aromatic carbocycles. The lowest BCUT2D eigenvalue weighted by atomic mass is 10.0. The van der Waals surface area contributed by atoms with Gasteiger partial charge in [-0.1, -0.05) is 12.1 Å². The van der Waals surface area contributed by atoms with E-state index in [1.807, 2.05) is 31.2 Å². The molecule has 100 valence electrons. The Morgan fingerprint density at radius 3 is 2.22 bits per heavy atom. The van der Waals surface area contributed by atoms with Crippen molar-refractivity contribution in [3.63, 3.8) is 0 Å². The molecule has 0 bridgehead atoms. The van der Waals surface area contributed by atoms with Crippen LogP contribution in [0.4, 0.5) is 0 Å². The Bertz CT molecular complexity index is 365. The largest absolute Gasteiger partial charge is 0.490 e. The molecule has 1 aliphatic rings. The van der Waals surface area contributed by atoms with Gasteiger partial charge in [0.15, 0.2) is 0 Å². The summed E-state index contributed by atoms with van der Waals surface area (Å²) in [5, 5.41) is 0. The van der Waals surface area contributed by atoms with Crippen molar-refractivity contribution in [2.75, 3.05) is 0 Å². The molecule has 2 rings (SSSR count). The molecule has 3 nitrogen and oxygen atoms in total. The van der Waals surface area contributed by atoms with Crippen LogP contribution in [0.15, 0.2) is 24.3 Å². The molecule has 0 aliphatic carbocycles. The molecule has 1 heterocycles. The van der Waals surface area contributed by atoms with E-state index in [0.29, 0.717) is 0 Å². The third kappa shape index (κ3) is 3.47. The van der Waals surface area contributed by atoms with Crippen molar-refractivity contribution in [2.45, 2.75) is 58.0 Å². The lowest BCUT2D eigenvalue weighted by Crippen LogP contribution is -2.35. The minimum absolute atomic E-state index is 0.0715. The van der Waals surface area contributed by atoms with Crippen molar-refractivity contribution in [2.24, 2.45) is 5.73 Å². The summed E-state index contributed by atoms with van der Waals surface area (Å²) in [4.78, 5) is 0. The number of hydrogen-bond donors (Lipinski definition) is 1. The van der Waals surface area contributed by atoms with Gasteiger partial charge in [0.25, 0.3) is 0 Å². The van der Waals surface area contributed by atoms with Crippen molar-refractivity contribution in [1.29, 1.82) is 0 Å². The predicted molar refractivity (Wildman–Crippen MR) is 72.7 cm³/mol. The van der Waals surface area contributed by atoms with E-state index < -0.39 is 0 Å². The van der Waals surface area contributed by atoms with Crippen molar-refractivity contribution >= 4 is 0 Å². The Hall–Kier alpha value is -1.06. The van der Waals surface area contributed by atoms with Crippen LogP contribution < -0.4 is 10.5 Å². The molecule has 2 N–H and O–H groups in total. The summed E-state index contributed by atoms with van der Waals surface area (Å²) in [6.45, 7) is 6.19. The Morgan fingerprint density at radius 2 is 1.72 bits per heavy atom. The SMILES string of the molecule is CC1CC(Oc2ccc([C@H](C)N)cc2)CC(C)O1. The van der Waals surface area contributed by atoms with Gasteiger partial charge < -0.3 is 15.2 Å². The fourth-order valence-electron chi connectivity index (χ4n) is 2.48. The molecule has 1 aliphatic heterocycles. The van der Waals surface area contributed by atoms with Gasteiger partial charge in [-0.3, -0.25) is 0 Å². The van der Waals surface area contributed by atoms with Gasteiger partial charge in [-0.15, -0.1) is 0 Å². The van der Waals surface area contributed by atoms with E-state index in [9.17, 15) is 0 Å². The van der Waals surface area contributed by atoms with Crippen LogP contribution in [0.5, 0.6) is 5.75 Å². The average Bonchev–Trinajstić information content (AvgIpc) is 2.28. The lowest BCUT2D eigenvalue weighted by Gasteiger charge is -2.32. The Kier molecular flexibility index (Phi) is 4.25. The van der Waals surface area contributed by atoms with E-state index in [2.05, 4.69) is 13.8 Å². The highest BCUT2D eigenvalue weighted by Crippen LogP contribution is 2.25. The number of ether oxygens (including phenoxy) is 2. The van der Waals surface area contributed by atoms with Crippen LogP contribution in [0.3, 0.4) is 0 Å². The van der Waals surface area contributed by atoms with Crippen molar-refractivity contribution in [1.82, 2.24) is 0 Å². The van der Waals surface area contributed by atoms with Crippen molar-refractivity contribution < 1.29 is 9.47 Å². The average molecular weight is 249 g/mol. The van der Waals surface area contributed by atoms with E-state index >= 15 is 0 Å². The summed E-state index contributed by atoms with van der Waals surface area (Å²) in [6, 6.07) is 8.15.